The fourth-order valence-corrected chi connectivity index (χ4v) is 13.0. The third kappa shape index (κ3) is 75.0. The van der Waals surface area contributed by atoms with E-state index in [2.05, 4.69) is 55.6 Å². The van der Waals surface area contributed by atoms with Crippen LogP contribution in [0.15, 0.2) is 36.5 Å². The van der Waals surface area contributed by atoms with Crippen LogP contribution in [0.5, 0.6) is 0 Å². The second kappa shape index (κ2) is 78.5. The van der Waals surface area contributed by atoms with Gasteiger partial charge in [0.05, 0.1) is 25.4 Å². The molecule has 0 aliphatic heterocycles. The number of allylic oxidation sites excluding steroid dienone is 6. The van der Waals surface area contributed by atoms with Crippen LogP contribution in [0.2, 0.25) is 0 Å². The zero-order valence-corrected chi connectivity index (χ0v) is 60.4. The summed E-state index contributed by atoms with van der Waals surface area (Å²) < 4.78 is 5.49. The minimum Gasteiger partial charge on any atom is -0.466 e. The first-order valence-corrected chi connectivity index (χ1v) is 40.7. The molecule has 0 rings (SSSR count). The van der Waals surface area contributed by atoms with Gasteiger partial charge >= 0.3 is 5.97 Å². The van der Waals surface area contributed by atoms with Crippen molar-refractivity contribution in [3.8, 4) is 0 Å². The van der Waals surface area contributed by atoms with Crippen molar-refractivity contribution in [2.45, 2.75) is 469 Å². The Kier molecular flexibility index (Phi) is 76.8. The van der Waals surface area contributed by atoms with Crippen molar-refractivity contribution in [3.63, 3.8) is 0 Å². The van der Waals surface area contributed by atoms with Gasteiger partial charge in [0, 0.05) is 12.8 Å². The number of amides is 1. The maximum Gasteiger partial charge on any atom is 0.305 e. The quantitative estimate of drug-likeness (QED) is 0.0320. The molecule has 2 unspecified atom stereocenters. The van der Waals surface area contributed by atoms with E-state index in [1.165, 1.54) is 372 Å². The van der Waals surface area contributed by atoms with Gasteiger partial charge in [0.15, 0.2) is 0 Å². The summed E-state index contributed by atoms with van der Waals surface area (Å²) in [6, 6.07) is -0.539. The molecule has 1 amide bonds. The number of aliphatic hydroxyl groups excluding tert-OH is 2. The van der Waals surface area contributed by atoms with Gasteiger partial charge < -0.3 is 20.3 Å². The van der Waals surface area contributed by atoms with E-state index in [-0.39, 0.29) is 18.5 Å². The normalized spacial score (nSPS) is 12.6. The summed E-state index contributed by atoms with van der Waals surface area (Å²) in [5, 5.41) is 23.4. The molecule has 0 aliphatic carbocycles. The van der Waals surface area contributed by atoms with E-state index in [1.807, 2.05) is 0 Å². The van der Waals surface area contributed by atoms with Gasteiger partial charge in [0.25, 0.3) is 0 Å². The van der Waals surface area contributed by atoms with Gasteiger partial charge in [-0.3, -0.25) is 9.59 Å². The molecule has 0 aromatic carbocycles. The minimum atomic E-state index is -0.662. The standard InChI is InChI=1S/C83H159NO5/c1-3-5-7-9-11-13-15-17-19-20-42-45-48-51-55-59-63-67-71-75-81(86)80(79-85)84-82(87)76-72-68-64-60-56-52-49-46-43-40-38-36-34-32-30-28-26-24-22-21-23-25-27-29-31-33-35-37-39-41-44-47-50-54-58-62-66-70-74-78-89-83(88)77-73-69-65-61-57-53-18-16-14-12-10-8-6-4-2/h10,12,16,18,21-22,80-81,85-86H,3-9,11,13-15,17,19-20,23-79H2,1-2H3,(H,84,87)/b12-10-,18-16-,22-21-. The predicted octanol–water partition coefficient (Wildman–Crippen LogP) is 27.0. The lowest BCUT2D eigenvalue weighted by Gasteiger charge is -2.22. The first-order valence-electron chi connectivity index (χ1n) is 40.7. The van der Waals surface area contributed by atoms with Crippen molar-refractivity contribution < 1.29 is 24.5 Å². The first-order chi connectivity index (χ1) is 44.0. The predicted molar refractivity (Wildman–Crippen MR) is 393 cm³/mol. The van der Waals surface area contributed by atoms with Crippen molar-refractivity contribution in [3.05, 3.63) is 36.5 Å². The highest BCUT2D eigenvalue weighted by Gasteiger charge is 2.20. The summed E-state index contributed by atoms with van der Waals surface area (Å²) >= 11 is 0. The molecule has 6 heteroatoms. The molecule has 0 spiro atoms. The van der Waals surface area contributed by atoms with E-state index in [9.17, 15) is 19.8 Å². The third-order valence-electron chi connectivity index (χ3n) is 19.2. The fourth-order valence-electron chi connectivity index (χ4n) is 13.0. The van der Waals surface area contributed by atoms with Crippen LogP contribution in [0.25, 0.3) is 0 Å². The van der Waals surface area contributed by atoms with Gasteiger partial charge in [-0.1, -0.05) is 403 Å². The van der Waals surface area contributed by atoms with Gasteiger partial charge in [-0.2, -0.15) is 0 Å². The summed E-state index contributed by atoms with van der Waals surface area (Å²) in [6.45, 7) is 4.95. The molecule has 0 heterocycles. The molecule has 0 aliphatic rings. The average Bonchev–Trinajstić information content (AvgIpc) is 3.63. The van der Waals surface area contributed by atoms with Crippen LogP contribution in [-0.4, -0.2) is 47.4 Å². The molecule has 3 N–H and O–H groups in total. The Morgan fingerprint density at radius 2 is 0.573 bits per heavy atom. The van der Waals surface area contributed by atoms with Gasteiger partial charge in [-0.05, 0) is 77.0 Å². The molecule has 0 fully saturated rings. The number of rotatable bonds is 77. The van der Waals surface area contributed by atoms with Crippen LogP contribution in [-0.2, 0) is 14.3 Å². The Balaban J connectivity index is 3.33. The van der Waals surface area contributed by atoms with Crippen LogP contribution in [0.1, 0.15) is 457 Å². The topological polar surface area (TPSA) is 95.9 Å². The maximum absolute atomic E-state index is 12.6. The van der Waals surface area contributed by atoms with Crippen LogP contribution in [0, 0.1) is 0 Å². The van der Waals surface area contributed by atoms with Gasteiger partial charge in [-0.15, -0.1) is 0 Å². The number of unbranched alkanes of at least 4 members (excludes halogenated alkanes) is 60. The highest BCUT2D eigenvalue weighted by Crippen LogP contribution is 2.20. The molecule has 526 valence electrons. The number of esters is 1. The van der Waals surface area contributed by atoms with Crippen molar-refractivity contribution in [2.75, 3.05) is 13.2 Å². The summed E-state index contributed by atoms with van der Waals surface area (Å²) in [5.74, 6) is -0.0175. The van der Waals surface area contributed by atoms with Crippen molar-refractivity contribution in [2.24, 2.45) is 0 Å². The largest absolute Gasteiger partial charge is 0.466 e. The van der Waals surface area contributed by atoms with E-state index in [4.69, 9.17) is 4.74 Å². The van der Waals surface area contributed by atoms with E-state index >= 15 is 0 Å². The molecule has 0 radical (unpaired) electrons. The number of carbonyl (C=O) groups excluding carboxylic acids is 2. The molecule has 6 nitrogen and oxygen atoms in total. The zero-order valence-electron chi connectivity index (χ0n) is 60.4. The van der Waals surface area contributed by atoms with Crippen LogP contribution >= 0.6 is 0 Å². The second-order valence-electron chi connectivity index (χ2n) is 28.1. The summed E-state index contributed by atoms with van der Waals surface area (Å²) in [7, 11) is 0. The fraction of sp³-hybridized carbons (Fsp3) is 0.904. The van der Waals surface area contributed by atoms with Gasteiger partial charge in [-0.25, -0.2) is 0 Å². The Bertz CT molecular complexity index is 1440. The van der Waals surface area contributed by atoms with Crippen molar-refractivity contribution >= 4 is 11.9 Å². The molecule has 0 aromatic rings. The molecule has 89 heavy (non-hydrogen) atoms. The molecule has 0 saturated carbocycles. The van der Waals surface area contributed by atoms with Crippen LogP contribution in [0.4, 0.5) is 0 Å². The average molecular weight is 1250 g/mol. The number of nitrogens with one attached hydrogen (secondary N) is 1. The summed E-state index contributed by atoms with van der Waals surface area (Å²) in [4.78, 5) is 24.6. The number of hydrogen-bond acceptors (Lipinski definition) is 5. The van der Waals surface area contributed by atoms with E-state index in [0.29, 0.717) is 25.9 Å². The highest BCUT2D eigenvalue weighted by atomic mass is 16.5. The minimum absolute atomic E-state index is 0.00836. The lowest BCUT2D eigenvalue weighted by molar-refractivity contribution is -0.143. The van der Waals surface area contributed by atoms with Gasteiger partial charge in [0.2, 0.25) is 5.91 Å². The lowest BCUT2D eigenvalue weighted by Crippen LogP contribution is -2.45. The molecule has 0 bridgehead atoms. The maximum atomic E-state index is 12.6. The zero-order chi connectivity index (χ0) is 64.2. The van der Waals surface area contributed by atoms with E-state index < -0.39 is 12.1 Å². The highest BCUT2D eigenvalue weighted by molar-refractivity contribution is 5.76. The number of carbonyl (C=O) groups is 2. The van der Waals surface area contributed by atoms with Crippen LogP contribution < -0.4 is 5.32 Å². The Labute approximate surface area is 557 Å². The lowest BCUT2D eigenvalue weighted by atomic mass is 10.0. The smallest absolute Gasteiger partial charge is 0.305 e. The molecule has 0 aromatic heterocycles. The number of ether oxygens (including phenoxy) is 1. The van der Waals surface area contributed by atoms with E-state index in [0.717, 1.165) is 51.4 Å². The van der Waals surface area contributed by atoms with Crippen molar-refractivity contribution in [1.29, 1.82) is 0 Å². The SMILES string of the molecule is CCCC/C=C\C/C=C\CCCCCCCC(=O)OCCCCCCCCCCCCCCCCCCCC/C=C\CCCCCCCCCCCCCCCCCCCC(=O)NC(CO)C(O)CCCCCCCCCCCCCCCCCCCCC. The van der Waals surface area contributed by atoms with E-state index in [1.54, 1.807) is 0 Å². The third-order valence-corrected chi connectivity index (χ3v) is 19.2. The molecule has 0 saturated heterocycles. The molecular weight excluding hydrogens is 1090 g/mol. The molecule has 2 atom stereocenters. The van der Waals surface area contributed by atoms with Crippen molar-refractivity contribution in [1.82, 2.24) is 5.32 Å². The summed E-state index contributed by atoms with van der Waals surface area (Å²) in [6.07, 6.45) is 103. The monoisotopic (exact) mass is 1250 g/mol. The number of aliphatic hydroxyl groups is 2. The number of hydrogen-bond donors (Lipinski definition) is 3. The Hall–Kier alpha value is -1.92. The first kappa shape index (κ1) is 87.1. The Morgan fingerprint density at radius 1 is 0.315 bits per heavy atom. The molecular formula is C83H159NO5. The second-order valence-corrected chi connectivity index (χ2v) is 28.1. The van der Waals surface area contributed by atoms with Gasteiger partial charge in [0.1, 0.15) is 0 Å². The summed E-state index contributed by atoms with van der Waals surface area (Å²) in [5.41, 5.74) is 0. The Morgan fingerprint density at radius 3 is 0.899 bits per heavy atom. The van der Waals surface area contributed by atoms with Crippen LogP contribution in [0.3, 0.4) is 0 Å².